The molecular formula is C13H17ClFNO. The summed E-state index contributed by atoms with van der Waals surface area (Å²) in [6, 6.07) is 5.00. The first-order chi connectivity index (χ1) is 7.89. The first-order valence-corrected chi connectivity index (χ1v) is 6.14. The topological polar surface area (TPSA) is 23.5 Å². The summed E-state index contributed by atoms with van der Waals surface area (Å²) in [5, 5.41) is 10.6. The molecule has 2 nitrogen and oxygen atoms in total. The summed E-state index contributed by atoms with van der Waals surface area (Å²) in [5.74, 6) is -0.417. The number of hydrogen-bond donors (Lipinski definition) is 1. The van der Waals surface area contributed by atoms with Gasteiger partial charge in [-0.05, 0) is 38.1 Å². The molecule has 0 saturated carbocycles. The molecule has 1 aromatic carbocycles. The molecule has 1 fully saturated rings. The molecule has 2 unspecified atom stereocenters. The second-order valence-corrected chi connectivity index (χ2v) is 5.53. The van der Waals surface area contributed by atoms with Crippen LogP contribution in [0.5, 0.6) is 0 Å². The van der Waals surface area contributed by atoms with Gasteiger partial charge in [-0.3, -0.25) is 0 Å². The average Bonchev–Trinajstić information content (AvgIpc) is 2.47. The molecule has 0 radical (unpaired) electrons. The summed E-state index contributed by atoms with van der Waals surface area (Å²) in [7, 11) is 2.00. The van der Waals surface area contributed by atoms with Gasteiger partial charge >= 0.3 is 0 Å². The number of β-amino-alcohol motifs (C(OH)–C–C–N with tert-alkyl or cyclic N) is 1. The minimum absolute atomic E-state index is 0.116. The lowest BCUT2D eigenvalue weighted by Crippen LogP contribution is -2.34. The Hall–Kier alpha value is -0.640. The number of benzene rings is 1. The molecule has 0 amide bonds. The highest BCUT2D eigenvalue weighted by atomic mass is 35.5. The average molecular weight is 258 g/mol. The van der Waals surface area contributed by atoms with Gasteiger partial charge < -0.3 is 10.0 Å². The van der Waals surface area contributed by atoms with E-state index in [4.69, 9.17) is 11.6 Å². The van der Waals surface area contributed by atoms with E-state index in [-0.39, 0.29) is 5.02 Å². The molecule has 2 rings (SSSR count). The largest absolute Gasteiger partial charge is 0.388 e. The van der Waals surface area contributed by atoms with E-state index in [0.717, 1.165) is 12.0 Å². The minimum atomic E-state index is -0.727. The Labute approximate surface area is 106 Å². The summed E-state index contributed by atoms with van der Waals surface area (Å²) >= 11 is 5.73. The van der Waals surface area contributed by atoms with Crippen LogP contribution in [0, 0.1) is 5.82 Å². The van der Waals surface area contributed by atoms with Crippen molar-refractivity contribution in [2.24, 2.45) is 0 Å². The summed E-state index contributed by atoms with van der Waals surface area (Å²) in [6.07, 6.45) is 1.25. The maximum atomic E-state index is 13.0. The molecule has 17 heavy (non-hydrogen) atoms. The predicted molar refractivity (Wildman–Crippen MR) is 66.8 cm³/mol. The first-order valence-electron chi connectivity index (χ1n) is 5.76. The molecule has 1 aliphatic rings. The fraction of sp³-hybridized carbons (Fsp3) is 0.538. The molecule has 4 heteroatoms. The lowest BCUT2D eigenvalue weighted by atomic mass is 9.92. The van der Waals surface area contributed by atoms with Crippen LogP contribution in [0.3, 0.4) is 0 Å². The SMILES string of the molecule is CC1CC(O)(Cc2ccc(F)c(Cl)c2)CN1C. The van der Waals surface area contributed by atoms with Crippen LogP contribution in [0.15, 0.2) is 18.2 Å². The summed E-state index contributed by atoms with van der Waals surface area (Å²) < 4.78 is 13.0. The van der Waals surface area contributed by atoms with Crippen LogP contribution < -0.4 is 0 Å². The number of likely N-dealkylation sites (N-methyl/N-ethyl adjacent to an activating group) is 1. The summed E-state index contributed by atoms with van der Waals surface area (Å²) in [4.78, 5) is 2.13. The highest BCUT2D eigenvalue weighted by Crippen LogP contribution is 2.30. The first kappa shape index (κ1) is 12.8. The van der Waals surface area contributed by atoms with E-state index >= 15 is 0 Å². The molecule has 1 saturated heterocycles. The van der Waals surface area contributed by atoms with Crippen LogP contribution in [0.1, 0.15) is 18.9 Å². The zero-order valence-corrected chi connectivity index (χ0v) is 10.8. The van der Waals surface area contributed by atoms with Crippen LogP contribution in [-0.2, 0) is 6.42 Å². The van der Waals surface area contributed by atoms with Crippen LogP contribution in [-0.4, -0.2) is 35.2 Å². The molecule has 1 aliphatic heterocycles. The second kappa shape index (κ2) is 4.56. The third kappa shape index (κ3) is 2.79. The number of halogens is 2. The molecule has 1 N–H and O–H groups in total. The van der Waals surface area contributed by atoms with Crippen molar-refractivity contribution in [3.63, 3.8) is 0 Å². The quantitative estimate of drug-likeness (QED) is 0.880. The fourth-order valence-electron chi connectivity index (χ4n) is 2.55. The van der Waals surface area contributed by atoms with Crippen molar-refractivity contribution < 1.29 is 9.50 Å². The normalized spacial score (nSPS) is 29.8. The van der Waals surface area contributed by atoms with Gasteiger partial charge in [-0.15, -0.1) is 0 Å². The van der Waals surface area contributed by atoms with Gasteiger partial charge in [-0.2, -0.15) is 0 Å². The monoisotopic (exact) mass is 257 g/mol. The Balaban J connectivity index is 2.13. The maximum Gasteiger partial charge on any atom is 0.141 e. The van der Waals surface area contributed by atoms with Gasteiger partial charge in [0.05, 0.1) is 10.6 Å². The van der Waals surface area contributed by atoms with E-state index in [1.54, 1.807) is 12.1 Å². The Kier molecular flexibility index (Phi) is 3.43. The van der Waals surface area contributed by atoms with Crippen LogP contribution >= 0.6 is 11.6 Å². The zero-order valence-electron chi connectivity index (χ0n) is 10.1. The van der Waals surface area contributed by atoms with E-state index < -0.39 is 11.4 Å². The molecule has 0 bridgehead atoms. The van der Waals surface area contributed by atoms with E-state index in [2.05, 4.69) is 11.8 Å². The van der Waals surface area contributed by atoms with E-state index in [1.807, 2.05) is 7.05 Å². The molecule has 0 aromatic heterocycles. The summed E-state index contributed by atoms with van der Waals surface area (Å²) in [6.45, 7) is 2.73. The number of aliphatic hydroxyl groups is 1. The highest BCUT2D eigenvalue weighted by Gasteiger charge is 2.38. The van der Waals surface area contributed by atoms with Crippen LogP contribution in [0.2, 0.25) is 5.02 Å². The number of likely N-dealkylation sites (tertiary alicyclic amines) is 1. The lowest BCUT2D eigenvalue weighted by molar-refractivity contribution is 0.0520. The van der Waals surface area contributed by atoms with Gasteiger partial charge in [-0.25, -0.2) is 4.39 Å². The molecule has 0 aliphatic carbocycles. The van der Waals surface area contributed by atoms with Crippen molar-refractivity contribution in [3.8, 4) is 0 Å². The van der Waals surface area contributed by atoms with Crippen LogP contribution in [0.4, 0.5) is 4.39 Å². The Morgan fingerprint density at radius 3 is 2.82 bits per heavy atom. The maximum absolute atomic E-state index is 13.0. The van der Waals surface area contributed by atoms with Gasteiger partial charge in [0.1, 0.15) is 5.82 Å². The molecule has 1 aromatic rings. The number of hydrogen-bond acceptors (Lipinski definition) is 2. The van der Waals surface area contributed by atoms with Crippen molar-refractivity contribution in [1.82, 2.24) is 4.90 Å². The predicted octanol–water partition coefficient (Wildman–Crippen LogP) is 2.48. The second-order valence-electron chi connectivity index (χ2n) is 5.12. The molecule has 2 atom stereocenters. The van der Waals surface area contributed by atoms with Crippen molar-refractivity contribution in [2.45, 2.75) is 31.4 Å². The van der Waals surface area contributed by atoms with Crippen molar-refractivity contribution in [1.29, 1.82) is 0 Å². The lowest BCUT2D eigenvalue weighted by Gasteiger charge is -2.22. The Bertz CT molecular complexity index is 414. The van der Waals surface area contributed by atoms with E-state index in [0.29, 0.717) is 19.0 Å². The third-order valence-corrected chi connectivity index (χ3v) is 3.78. The summed E-state index contributed by atoms with van der Waals surface area (Å²) in [5.41, 5.74) is 0.149. The molecule has 1 heterocycles. The van der Waals surface area contributed by atoms with Gasteiger partial charge in [0.25, 0.3) is 0 Å². The smallest absolute Gasteiger partial charge is 0.141 e. The standard InChI is InChI=1S/C13H17ClFNO/c1-9-6-13(17,8-16(9)2)7-10-3-4-12(15)11(14)5-10/h3-5,9,17H,6-8H2,1-2H3. The van der Waals surface area contributed by atoms with Gasteiger partial charge in [0.15, 0.2) is 0 Å². The van der Waals surface area contributed by atoms with E-state index in [9.17, 15) is 9.50 Å². The van der Waals surface area contributed by atoms with Crippen molar-refractivity contribution in [3.05, 3.63) is 34.6 Å². The molecular weight excluding hydrogens is 241 g/mol. The van der Waals surface area contributed by atoms with Gasteiger partial charge in [-0.1, -0.05) is 17.7 Å². The van der Waals surface area contributed by atoms with Gasteiger partial charge in [0.2, 0.25) is 0 Å². The Morgan fingerprint density at radius 2 is 2.29 bits per heavy atom. The van der Waals surface area contributed by atoms with Gasteiger partial charge in [0, 0.05) is 19.0 Å². The van der Waals surface area contributed by atoms with Crippen LogP contribution in [0.25, 0.3) is 0 Å². The minimum Gasteiger partial charge on any atom is -0.388 e. The van der Waals surface area contributed by atoms with Crippen molar-refractivity contribution >= 4 is 11.6 Å². The highest BCUT2D eigenvalue weighted by molar-refractivity contribution is 6.30. The molecule has 0 spiro atoms. The van der Waals surface area contributed by atoms with E-state index in [1.165, 1.54) is 6.07 Å². The number of nitrogens with zero attached hydrogens (tertiary/aromatic N) is 1. The Morgan fingerprint density at radius 1 is 1.59 bits per heavy atom. The zero-order chi connectivity index (χ0) is 12.6. The van der Waals surface area contributed by atoms with Crippen molar-refractivity contribution in [2.75, 3.05) is 13.6 Å². The molecule has 94 valence electrons. The third-order valence-electron chi connectivity index (χ3n) is 3.49. The fourth-order valence-corrected chi connectivity index (χ4v) is 2.75. The number of rotatable bonds is 2.